The Morgan fingerprint density at radius 3 is 2.50 bits per heavy atom. The van der Waals surface area contributed by atoms with Gasteiger partial charge in [-0.25, -0.2) is 4.90 Å². The van der Waals surface area contributed by atoms with E-state index >= 15 is 0 Å². The first-order valence-electron chi connectivity index (χ1n) is 4.38. The molecule has 1 aliphatic rings. The molecule has 1 saturated heterocycles. The standard InChI is InChI=1S/C9H6F3NO2S/c10-9(11,12)5-4-6(14)13(8(5)15)7-2-1-3-16-7/h1-3,5H,4H2. The number of hydrogen-bond acceptors (Lipinski definition) is 3. The van der Waals surface area contributed by atoms with Crippen molar-refractivity contribution < 1.29 is 22.8 Å². The van der Waals surface area contributed by atoms with Gasteiger partial charge in [0, 0.05) is 6.42 Å². The molecule has 2 heterocycles. The van der Waals surface area contributed by atoms with Gasteiger partial charge in [-0.05, 0) is 17.5 Å². The summed E-state index contributed by atoms with van der Waals surface area (Å²) < 4.78 is 37.2. The van der Waals surface area contributed by atoms with Gasteiger partial charge < -0.3 is 0 Å². The van der Waals surface area contributed by atoms with E-state index in [-0.39, 0.29) is 5.00 Å². The number of halogens is 3. The number of carbonyl (C=O) groups is 2. The van der Waals surface area contributed by atoms with Crippen molar-refractivity contribution in [1.29, 1.82) is 0 Å². The minimum Gasteiger partial charge on any atom is -0.274 e. The first kappa shape index (κ1) is 11.1. The molecule has 0 aromatic carbocycles. The van der Waals surface area contributed by atoms with Crippen molar-refractivity contribution in [3.63, 3.8) is 0 Å². The number of thiophene rings is 1. The van der Waals surface area contributed by atoms with Crippen molar-refractivity contribution in [2.75, 3.05) is 4.90 Å². The van der Waals surface area contributed by atoms with Gasteiger partial charge in [-0.1, -0.05) is 0 Å². The van der Waals surface area contributed by atoms with Crippen molar-refractivity contribution >= 4 is 28.2 Å². The van der Waals surface area contributed by atoms with Crippen molar-refractivity contribution in [2.24, 2.45) is 5.92 Å². The maximum Gasteiger partial charge on any atom is 0.401 e. The topological polar surface area (TPSA) is 37.4 Å². The lowest BCUT2D eigenvalue weighted by atomic mass is 10.1. The number of hydrogen-bond donors (Lipinski definition) is 0. The molecule has 0 aliphatic carbocycles. The molecule has 0 bridgehead atoms. The van der Waals surface area contributed by atoms with Gasteiger partial charge in [0.25, 0.3) is 0 Å². The highest BCUT2D eigenvalue weighted by atomic mass is 32.1. The fourth-order valence-corrected chi connectivity index (χ4v) is 2.27. The van der Waals surface area contributed by atoms with Gasteiger partial charge in [-0.3, -0.25) is 9.59 Å². The lowest BCUT2D eigenvalue weighted by Gasteiger charge is -2.14. The summed E-state index contributed by atoms with van der Waals surface area (Å²) in [4.78, 5) is 23.4. The summed E-state index contributed by atoms with van der Waals surface area (Å²) in [5.74, 6) is -4.17. The van der Waals surface area contributed by atoms with Crippen molar-refractivity contribution in [1.82, 2.24) is 0 Å². The highest BCUT2D eigenvalue weighted by Gasteiger charge is 2.54. The molecule has 1 aliphatic heterocycles. The van der Waals surface area contributed by atoms with Crippen molar-refractivity contribution in [3.8, 4) is 0 Å². The number of imide groups is 1. The van der Waals surface area contributed by atoms with Crippen LogP contribution in [0.1, 0.15) is 6.42 Å². The minimum atomic E-state index is -4.65. The number of amides is 2. The smallest absolute Gasteiger partial charge is 0.274 e. The summed E-state index contributed by atoms with van der Waals surface area (Å²) in [5.41, 5.74) is 0. The van der Waals surface area contributed by atoms with E-state index in [9.17, 15) is 22.8 Å². The fourth-order valence-electron chi connectivity index (χ4n) is 1.52. The zero-order valence-electron chi connectivity index (χ0n) is 7.82. The number of carbonyl (C=O) groups excluding carboxylic acids is 2. The highest BCUT2D eigenvalue weighted by Crippen LogP contribution is 2.38. The predicted molar refractivity (Wildman–Crippen MR) is 51.0 cm³/mol. The highest BCUT2D eigenvalue weighted by molar-refractivity contribution is 7.14. The lowest BCUT2D eigenvalue weighted by molar-refractivity contribution is -0.178. The summed E-state index contributed by atoms with van der Waals surface area (Å²) in [6.07, 6.45) is -5.45. The van der Waals surface area contributed by atoms with Gasteiger partial charge in [0.2, 0.25) is 11.8 Å². The van der Waals surface area contributed by atoms with Gasteiger partial charge in [0.15, 0.2) is 0 Å². The van der Waals surface area contributed by atoms with E-state index in [0.29, 0.717) is 4.90 Å². The molecule has 0 spiro atoms. The van der Waals surface area contributed by atoms with Crippen LogP contribution in [0.4, 0.5) is 18.2 Å². The van der Waals surface area contributed by atoms with Gasteiger partial charge in [0.1, 0.15) is 10.9 Å². The van der Waals surface area contributed by atoms with E-state index < -0.39 is 30.3 Å². The lowest BCUT2D eigenvalue weighted by Crippen LogP contribution is -2.34. The third-order valence-electron chi connectivity index (χ3n) is 2.27. The molecule has 1 unspecified atom stereocenters. The Hall–Kier alpha value is -1.37. The molecular formula is C9H6F3NO2S. The van der Waals surface area contributed by atoms with Crippen LogP contribution in [0.2, 0.25) is 0 Å². The Balaban J connectivity index is 2.31. The third kappa shape index (κ3) is 1.71. The Bertz CT molecular complexity index is 426. The average Bonchev–Trinajstić information content (AvgIpc) is 2.72. The number of anilines is 1. The van der Waals surface area contributed by atoms with Crippen LogP contribution in [0.5, 0.6) is 0 Å². The Labute approximate surface area is 92.5 Å². The maximum atomic E-state index is 12.4. The van der Waals surface area contributed by atoms with Crippen LogP contribution in [-0.4, -0.2) is 18.0 Å². The summed E-state index contributed by atoms with van der Waals surface area (Å²) in [5, 5.41) is 1.83. The van der Waals surface area contributed by atoms with Crippen molar-refractivity contribution in [3.05, 3.63) is 17.5 Å². The van der Waals surface area contributed by atoms with Crippen LogP contribution < -0.4 is 4.90 Å². The second-order valence-corrected chi connectivity index (χ2v) is 4.24. The fraction of sp³-hybridized carbons (Fsp3) is 0.333. The molecule has 7 heteroatoms. The first-order chi connectivity index (χ1) is 7.41. The predicted octanol–water partition coefficient (Wildman–Crippen LogP) is 2.19. The summed E-state index contributed by atoms with van der Waals surface area (Å²) >= 11 is 1.06. The summed E-state index contributed by atoms with van der Waals surface area (Å²) in [7, 11) is 0. The quantitative estimate of drug-likeness (QED) is 0.715. The maximum absolute atomic E-state index is 12.4. The van der Waals surface area contributed by atoms with E-state index in [1.54, 1.807) is 11.4 Å². The first-order valence-corrected chi connectivity index (χ1v) is 5.26. The molecule has 0 radical (unpaired) electrons. The van der Waals surface area contributed by atoms with Gasteiger partial charge in [-0.15, -0.1) is 11.3 Å². The normalized spacial score (nSPS) is 21.9. The Kier molecular flexibility index (Phi) is 2.49. The summed E-state index contributed by atoms with van der Waals surface area (Å²) in [6.45, 7) is 0. The number of rotatable bonds is 1. The monoisotopic (exact) mass is 249 g/mol. The average molecular weight is 249 g/mol. The molecule has 2 amide bonds. The largest absolute Gasteiger partial charge is 0.401 e. The Morgan fingerprint density at radius 1 is 1.38 bits per heavy atom. The summed E-state index contributed by atoms with van der Waals surface area (Å²) in [6, 6.07) is 3.01. The van der Waals surface area contributed by atoms with E-state index in [1.807, 2.05) is 0 Å². The van der Waals surface area contributed by atoms with Crippen LogP contribution in [0, 0.1) is 5.92 Å². The molecule has 0 N–H and O–H groups in total. The van der Waals surface area contributed by atoms with E-state index in [1.165, 1.54) is 6.07 Å². The van der Waals surface area contributed by atoms with Crippen LogP contribution >= 0.6 is 11.3 Å². The van der Waals surface area contributed by atoms with Crippen LogP contribution in [0.25, 0.3) is 0 Å². The third-order valence-corrected chi connectivity index (χ3v) is 3.12. The minimum absolute atomic E-state index is 0.238. The van der Waals surface area contributed by atoms with E-state index in [4.69, 9.17) is 0 Å². The molecule has 2 rings (SSSR count). The number of alkyl halides is 3. The second kappa shape index (κ2) is 3.58. The molecule has 1 fully saturated rings. The van der Waals surface area contributed by atoms with Gasteiger partial charge >= 0.3 is 6.18 Å². The zero-order chi connectivity index (χ0) is 11.9. The molecule has 16 heavy (non-hydrogen) atoms. The van der Waals surface area contributed by atoms with Crippen LogP contribution in [-0.2, 0) is 9.59 Å². The second-order valence-electron chi connectivity index (χ2n) is 3.32. The number of nitrogens with zero attached hydrogens (tertiary/aromatic N) is 1. The molecule has 86 valence electrons. The SMILES string of the molecule is O=C1CC(C(F)(F)F)C(=O)N1c1cccs1. The molecule has 1 atom stereocenters. The molecule has 1 aromatic rings. The molecular weight excluding hydrogens is 243 g/mol. The van der Waals surface area contributed by atoms with E-state index in [0.717, 1.165) is 11.3 Å². The van der Waals surface area contributed by atoms with Gasteiger partial charge in [0.05, 0.1) is 0 Å². The van der Waals surface area contributed by atoms with Crippen LogP contribution in [0.15, 0.2) is 17.5 Å². The zero-order valence-corrected chi connectivity index (χ0v) is 8.64. The van der Waals surface area contributed by atoms with Crippen LogP contribution in [0.3, 0.4) is 0 Å². The molecule has 3 nitrogen and oxygen atoms in total. The van der Waals surface area contributed by atoms with Gasteiger partial charge in [-0.2, -0.15) is 13.2 Å². The van der Waals surface area contributed by atoms with E-state index in [2.05, 4.69) is 0 Å². The molecule has 1 aromatic heterocycles. The van der Waals surface area contributed by atoms with Crippen molar-refractivity contribution in [2.45, 2.75) is 12.6 Å². The molecule has 0 saturated carbocycles. The Morgan fingerprint density at radius 2 is 2.06 bits per heavy atom.